The van der Waals surface area contributed by atoms with Gasteiger partial charge in [0.2, 0.25) is 10.0 Å². The highest BCUT2D eigenvalue weighted by Gasteiger charge is 2.32. The molecule has 2 heterocycles. The fourth-order valence-electron chi connectivity index (χ4n) is 4.56. The Morgan fingerprint density at radius 2 is 1.62 bits per heavy atom. The van der Waals surface area contributed by atoms with Gasteiger partial charge >= 0.3 is 0 Å². The Kier molecular flexibility index (Phi) is 7.16. The zero-order valence-corrected chi connectivity index (χ0v) is 19.6. The zero-order valence-electron chi connectivity index (χ0n) is 18.8. The lowest BCUT2D eigenvalue weighted by molar-refractivity contribution is 0.0938. The van der Waals surface area contributed by atoms with E-state index in [1.54, 1.807) is 16.4 Å². The van der Waals surface area contributed by atoms with Crippen molar-refractivity contribution in [3.63, 3.8) is 0 Å². The highest BCUT2D eigenvalue weighted by Crippen LogP contribution is 2.32. The molecule has 6 nitrogen and oxygen atoms in total. The van der Waals surface area contributed by atoms with Gasteiger partial charge < -0.3 is 10.2 Å². The molecule has 2 saturated heterocycles. The van der Waals surface area contributed by atoms with Crippen LogP contribution in [0.15, 0.2) is 53.4 Å². The molecule has 2 aliphatic rings. The number of carbonyl (C=O) groups excluding carboxylic acids is 1. The summed E-state index contributed by atoms with van der Waals surface area (Å²) in [7, 11) is -3.63. The van der Waals surface area contributed by atoms with Crippen LogP contribution in [0.25, 0.3) is 0 Å². The number of nitrogens with one attached hydrogen (secondary N) is 1. The van der Waals surface area contributed by atoms with E-state index in [0.29, 0.717) is 18.7 Å². The molecule has 2 aromatic rings. The van der Waals surface area contributed by atoms with Crippen LogP contribution in [0.5, 0.6) is 0 Å². The Balaban J connectivity index is 1.52. The van der Waals surface area contributed by atoms with E-state index in [2.05, 4.69) is 22.3 Å². The summed E-state index contributed by atoms with van der Waals surface area (Å²) in [5, 5.41) is 3.04. The summed E-state index contributed by atoms with van der Waals surface area (Å²) < 4.78 is 28.4. The minimum atomic E-state index is -3.63. The Bertz CT molecular complexity index is 1030. The van der Waals surface area contributed by atoms with Crippen LogP contribution < -0.4 is 10.2 Å². The number of nitrogens with zero attached hydrogens (tertiary/aromatic N) is 2. The van der Waals surface area contributed by atoms with E-state index in [4.69, 9.17) is 0 Å². The molecule has 2 aromatic carbocycles. The van der Waals surface area contributed by atoms with Gasteiger partial charge in [-0.2, -0.15) is 4.31 Å². The number of sulfonamides is 1. The normalized spacial score (nSPS) is 18.1. The molecule has 4 rings (SSSR count). The summed E-state index contributed by atoms with van der Waals surface area (Å²) in [6, 6.07) is 15.3. The zero-order chi connectivity index (χ0) is 22.6. The van der Waals surface area contributed by atoms with Crippen LogP contribution in [-0.4, -0.2) is 50.9 Å². The van der Waals surface area contributed by atoms with Crippen molar-refractivity contribution < 1.29 is 13.2 Å². The Morgan fingerprint density at radius 1 is 0.969 bits per heavy atom. The van der Waals surface area contributed by atoms with Crippen LogP contribution >= 0.6 is 0 Å². The van der Waals surface area contributed by atoms with Crippen LogP contribution in [0.1, 0.15) is 54.9 Å². The molecule has 0 aromatic heterocycles. The van der Waals surface area contributed by atoms with Gasteiger partial charge in [-0.15, -0.1) is 0 Å². The van der Waals surface area contributed by atoms with Crippen molar-refractivity contribution in [3.05, 3.63) is 59.7 Å². The molecule has 0 bridgehead atoms. The lowest BCUT2D eigenvalue weighted by atomic mass is 10.1. The standard InChI is InChI=1S/C25H33N3O3S/c1-20(11-12-21-9-3-2-4-10-21)26-25(29)22-13-14-23(27-15-5-6-16-27)24(19-22)32(30,31)28-17-7-8-18-28/h2-4,9-10,13-14,19-20H,5-8,11-12,15-18H2,1H3,(H,26,29)/t20-/m0/s1. The second-order valence-electron chi connectivity index (χ2n) is 8.89. The van der Waals surface area contributed by atoms with E-state index >= 15 is 0 Å². The maximum Gasteiger partial charge on any atom is 0.251 e. The predicted molar refractivity (Wildman–Crippen MR) is 128 cm³/mol. The number of rotatable bonds is 8. The van der Waals surface area contributed by atoms with Crippen molar-refractivity contribution >= 4 is 21.6 Å². The number of aryl methyl sites for hydroxylation is 1. The maximum absolute atomic E-state index is 13.4. The largest absolute Gasteiger partial charge is 0.370 e. The van der Waals surface area contributed by atoms with Crippen LogP contribution in [0, 0.1) is 0 Å². The Labute approximate surface area is 191 Å². The highest BCUT2D eigenvalue weighted by atomic mass is 32.2. The molecular formula is C25H33N3O3S. The van der Waals surface area contributed by atoms with Crippen LogP contribution in [0.2, 0.25) is 0 Å². The van der Waals surface area contributed by atoms with Gasteiger partial charge in [0.1, 0.15) is 4.90 Å². The van der Waals surface area contributed by atoms with Crippen LogP contribution in [-0.2, 0) is 16.4 Å². The molecule has 0 unspecified atom stereocenters. The van der Waals surface area contributed by atoms with Gasteiger partial charge in [0.25, 0.3) is 5.91 Å². The van der Waals surface area contributed by atoms with Gasteiger partial charge in [-0.3, -0.25) is 4.79 Å². The number of hydrogen-bond donors (Lipinski definition) is 1. The quantitative estimate of drug-likeness (QED) is 0.657. The van der Waals surface area contributed by atoms with E-state index < -0.39 is 10.0 Å². The lowest BCUT2D eigenvalue weighted by Gasteiger charge is -2.25. The summed E-state index contributed by atoms with van der Waals surface area (Å²) in [6.07, 6.45) is 5.59. The van der Waals surface area contributed by atoms with Gasteiger partial charge in [-0.1, -0.05) is 30.3 Å². The fourth-order valence-corrected chi connectivity index (χ4v) is 6.31. The molecule has 7 heteroatoms. The molecule has 1 atom stereocenters. The van der Waals surface area contributed by atoms with Crippen molar-refractivity contribution in [3.8, 4) is 0 Å². The van der Waals surface area contributed by atoms with Gasteiger partial charge in [0, 0.05) is 37.8 Å². The molecular weight excluding hydrogens is 422 g/mol. The molecule has 2 fully saturated rings. The SMILES string of the molecule is C[C@@H](CCc1ccccc1)NC(=O)c1ccc(N2CCCC2)c(S(=O)(=O)N2CCCC2)c1. The third-order valence-electron chi connectivity index (χ3n) is 6.44. The third kappa shape index (κ3) is 5.15. The molecule has 0 radical (unpaired) electrons. The first-order valence-electron chi connectivity index (χ1n) is 11.7. The molecule has 172 valence electrons. The average molecular weight is 456 g/mol. The number of benzene rings is 2. The van der Waals surface area contributed by atoms with Gasteiger partial charge in [0.05, 0.1) is 5.69 Å². The first-order valence-corrected chi connectivity index (χ1v) is 13.1. The molecule has 32 heavy (non-hydrogen) atoms. The predicted octanol–water partition coefficient (Wildman–Crippen LogP) is 3.82. The van der Waals surface area contributed by atoms with Crippen molar-refractivity contribution in [1.82, 2.24) is 9.62 Å². The minimum Gasteiger partial charge on any atom is -0.370 e. The number of anilines is 1. The van der Waals surface area contributed by atoms with E-state index in [1.807, 2.05) is 31.2 Å². The summed E-state index contributed by atoms with van der Waals surface area (Å²) >= 11 is 0. The Hall–Kier alpha value is -2.38. The molecule has 0 aliphatic carbocycles. The summed E-state index contributed by atoms with van der Waals surface area (Å²) in [5.74, 6) is -0.226. The third-order valence-corrected chi connectivity index (χ3v) is 8.37. The second kappa shape index (κ2) is 10.0. The first-order chi connectivity index (χ1) is 15.4. The van der Waals surface area contributed by atoms with E-state index in [1.165, 1.54) is 5.56 Å². The molecule has 1 amide bonds. The first kappa shape index (κ1) is 22.8. The maximum atomic E-state index is 13.4. The fraction of sp³-hybridized carbons (Fsp3) is 0.480. The van der Waals surface area contributed by atoms with Crippen molar-refractivity contribution in [2.75, 3.05) is 31.1 Å². The Morgan fingerprint density at radius 3 is 2.31 bits per heavy atom. The van der Waals surface area contributed by atoms with Gasteiger partial charge in [-0.05, 0) is 69.2 Å². The molecule has 1 N–H and O–H groups in total. The van der Waals surface area contributed by atoms with E-state index in [-0.39, 0.29) is 16.8 Å². The van der Waals surface area contributed by atoms with Crippen molar-refractivity contribution in [1.29, 1.82) is 0 Å². The molecule has 0 saturated carbocycles. The number of hydrogen-bond acceptors (Lipinski definition) is 4. The topological polar surface area (TPSA) is 69.7 Å². The monoisotopic (exact) mass is 455 g/mol. The van der Waals surface area contributed by atoms with Crippen molar-refractivity contribution in [2.24, 2.45) is 0 Å². The van der Waals surface area contributed by atoms with Crippen LogP contribution in [0.3, 0.4) is 0 Å². The second-order valence-corrected chi connectivity index (χ2v) is 10.8. The van der Waals surface area contributed by atoms with Crippen molar-refractivity contribution in [2.45, 2.75) is 56.4 Å². The number of amides is 1. The summed E-state index contributed by atoms with van der Waals surface area (Å²) in [6.45, 7) is 4.79. The molecule has 0 spiro atoms. The van der Waals surface area contributed by atoms with E-state index in [0.717, 1.165) is 57.3 Å². The molecule has 2 aliphatic heterocycles. The minimum absolute atomic E-state index is 0.0143. The average Bonchev–Trinajstić information content (AvgIpc) is 3.53. The van der Waals surface area contributed by atoms with Crippen LogP contribution in [0.4, 0.5) is 5.69 Å². The summed E-state index contributed by atoms with van der Waals surface area (Å²) in [4.78, 5) is 15.4. The van der Waals surface area contributed by atoms with Gasteiger partial charge in [-0.25, -0.2) is 8.42 Å². The van der Waals surface area contributed by atoms with Gasteiger partial charge in [0.15, 0.2) is 0 Å². The lowest BCUT2D eigenvalue weighted by Crippen LogP contribution is -2.34. The summed E-state index contributed by atoms with van der Waals surface area (Å²) in [5.41, 5.74) is 2.36. The highest BCUT2D eigenvalue weighted by molar-refractivity contribution is 7.89. The van der Waals surface area contributed by atoms with E-state index in [9.17, 15) is 13.2 Å². The number of carbonyl (C=O) groups is 1. The smallest absolute Gasteiger partial charge is 0.251 e.